The van der Waals surface area contributed by atoms with Crippen LogP contribution in [-0.4, -0.2) is 42.9 Å². The summed E-state index contributed by atoms with van der Waals surface area (Å²) in [6.07, 6.45) is 0. The van der Waals surface area contributed by atoms with Crippen molar-refractivity contribution in [3.63, 3.8) is 0 Å². The lowest BCUT2D eigenvalue weighted by molar-refractivity contribution is -0.140. The number of nitrogens with one attached hydrogen (secondary N) is 1. The highest BCUT2D eigenvalue weighted by atomic mass is 16.2. The first-order valence-electron chi connectivity index (χ1n) is 5.28. The molecule has 5 heteroatoms. The van der Waals surface area contributed by atoms with Gasteiger partial charge in [-0.3, -0.25) is 9.59 Å². The molecule has 3 N–H and O–H groups in total. The zero-order valence-corrected chi connectivity index (χ0v) is 9.32. The van der Waals surface area contributed by atoms with Crippen molar-refractivity contribution in [1.29, 1.82) is 0 Å². The van der Waals surface area contributed by atoms with Gasteiger partial charge in [-0.25, -0.2) is 0 Å². The number of primary amides is 1. The first kappa shape index (κ1) is 12.0. The average molecular weight is 213 g/mol. The number of likely N-dealkylation sites (tertiary alicyclic amines) is 1. The summed E-state index contributed by atoms with van der Waals surface area (Å²) in [5, 5.41) is 2.96. The van der Waals surface area contributed by atoms with E-state index in [-0.39, 0.29) is 24.3 Å². The number of carbonyl (C=O) groups is 2. The van der Waals surface area contributed by atoms with Crippen LogP contribution >= 0.6 is 0 Å². The minimum atomic E-state index is -0.343. The van der Waals surface area contributed by atoms with Crippen LogP contribution in [0.2, 0.25) is 0 Å². The molecule has 0 atom stereocenters. The van der Waals surface area contributed by atoms with Crippen LogP contribution in [0.5, 0.6) is 0 Å². The highest BCUT2D eigenvalue weighted by molar-refractivity contribution is 5.79. The third-order valence-corrected chi connectivity index (χ3v) is 2.49. The van der Waals surface area contributed by atoms with E-state index in [1.54, 1.807) is 0 Å². The summed E-state index contributed by atoms with van der Waals surface area (Å²) in [6.45, 7) is 6.37. The molecule has 0 aromatic heterocycles. The number of rotatable bonds is 5. The summed E-state index contributed by atoms with van der Waals surface area (Å²) in [6, 6.07) is 0. The van der Waals surface area contributed by atoms with Gasteiger partial charge in [0.2, 0.25) is 11.8 Å². The second kappa shape index (κ2) is 5.11. The van der Waals surface area contributed by atoms with Crippen molar-refractivity contribution in [3.8, 4) is 0 Å². The summed E-state index contributed by atoms with van der Waals surface area (Å²) in [5.41, 5.74) is 4.99. The number of hydrogen-bond donors (Lipinski definition) is 2. The second-order valence-corrected chi connectivity index (χ2v) is 4.36. The highest BCUT2D eigenvalue weighted by Crippen LogP contribution is 2.17. The van der Waals surface area contributed by atoms with Crippen LogP contribution in [0.1, 0.15) is 13.8 Å². The summed E-state index contributed by atoms with van der Waals surface area (Å²) >= 11 is 0. The number of nitrogens with two attached hydrogens (primary N) is 1. The summed E-state index contributed by atoms with van der Waals surface area (Å²) < 4.78 is 0. The molecule has 0 saturated carbocycles. The van der Waals surface area contributed by atoms with Gasteiger partial charge < -0.3 is 16.0 Å². The molecule has 0 aromatic carbocycles. The fourth-order valence-corrected chi connectivity index (χ4v) is 1.64. The molecule has 1 aliphatic heterocycles. The van der Waals surface area contributed by atoms with Gasteiger partial charge in [-0.1, -0.05) is 13.8 Å². The van der Waals surface area contributed by atoms with Crippen LogP contribution in [0.25, 0.3) is 0 Å². The number of carbonyl (C=O) groups excluding carboxylic acids is 2. The maximum atomic E-state index is 11.5. The van der Waals surface area contributed by atoms with Gasteiger partial charge in [0.15, 0.2) is 0 Å². The van der Waals surface area contributed by atoms with Crippen LogP contribution < -0.4 is 11.1 Å². The topological polar surface area (TPSA) is 75.4 Å². The Hall–Kier alpha value is -1.10. The monoisotopic (exact) mass is 213 g/mol. The van der Waals surface area contributed by atoms with Crippen molar-refractivity contribution >= 4 is 11.8 Å². The van der Waals surface area contributed by atoms with E-state index in [0.717, 1.165) is 19.6 Å². The van der Waals surface area contributed by atoms with Gasteiger partial charge in [-0.15, -0.1) is 0 Å². The third kappa shape index (κ3) is 3.51. The summed E-state index contributed by atoms with van der Waals surface area (Å²) in [4.78, 5) is 23.8. The van der Waals surface area contributed by atoms with Gasteiger partial charge in [0.25, 0.3) is 0 Å². The van der Waals surface area contributed by atoms with Gasteiger partial charge in [-0.05, 0) is 0 Å². The van der Waals surface area contributed by atoms with Crippen molar-refractivity contribution in [2.24, 2.45) is 17.6 Å². The molecular formula is C10H19N3O2. The lowest BCUT2D eigenvalue weighted by Crippen LogP contribution is -2.54. The summed E-state index contributed by atoms with van der Waals surface area (Å²) in [5.74, 6) is 0.405. The molecule has 0 aromatic rings. The second-order valence-electron chi connectivity index (χ2n) is 4.36. The zero-order chi connectivity index (χ0) is 11.4. The molecule has 1 fully saturated rings. The normalized spacial score (nSPS) is 16.6. The molecule has 86 valence electrons. The Morgan fingerprint density at radius 3 is 2.53 bits per heavy atom. The molecule has 0 spiro atoms. The van der Waals surface area contributed by atoms with Crippen LogP contribution in [0.3, 0.4) is 0 Å². The molecule has 1 rings (SSSR count). The van der Waals surface area contributed by atoms with Crippen molar-refractivity contribution in [2.45, 2.75) is 13.8 Å². The van der Waals surface area contributed by atoms with Gasteiger partial charge >= 0.3 is 0 Å². The first-order valence-corrected chi connectivity index (χ1v) is 5.28. The average Bonchev–Trinajstić information content (AvgIpc) is 2.07. The van der Waals surface area contributed by atoms with Crippen molar-refractivity contribution in [3.05, 3.63) is 0 Å². The Balaban J connectivity index is 2.10. The molecule has 1 saturated heterocycles. The minimum absolute atomic E-state index is 0.0736. The van der Waals surface area contributed by atoms with E-state index in [4.69, 9.17) is 5.73 Å². The van der Waals surface area contributed by atoms with E-state index in [9.17, 15) is 9.59 Å². The lowest BCUT2D eigenvalue weighted by atomic mass is 9.98. The fraction of sp³-hybridized carbons (Fsp3) is 0.800. The highest BCUT2D eigenvalue weighted by Gasteiger charge is 2.31. The van der Waals surface area contributed by atoms with Crippen LogP contribution in [0.4, 0.5) is 0 Å². The van der Waals surface area contributed by atoms with E-state index in [0.29, 0.717) is 5.92 Å². The van der Waals surface area contributed by atoms with Crippen molar-refractivity contribution in [2.75, 3.05) is 26.2 Å². The van der Waals surface area contributed by atoms with E-state index in [1.165, 1.54) is 0 Å². The Bertz CT molecular complexity index is 247. The smallest absolute Gasteiger partial charge is 0.231 e. The SMILES string of the molecule is CC(C)C(=O)N1CC(CNCC(N)=O)C1. The molecule has 5 nitrogen and oxygen atoms in total. The molecule has 2 amide bonds. The van der Waals surface area contributed by atoms with Crippen LogP contribution in [-0.2, 0) is 9.59 Å². The van der Waals surface area contributed by atoms with Crippen molar-refractivity contribution in [1.82, 2.24) is 10.2 Å². The van der Waals surface area contributed by atoms with Crippen LogP contribution in [0.15, 0.2) is 0 Å². The fourth-order valence-electron chi connectivity index (χ4n) is 1.64. The molecular weight excluding hydrogens is 194 g/mol. The minimum Gasteiger partial charge on any atom is -0.369 e. The maximum Gasteiger partial charge on any atom is 0.231 e. The predicted octanol–water partition coefficient (Wildman–Crippen LogP) is -0.824. The number of hydrogen-bond acceptors (Lipinski definition) is 3. The maximum absolute atomic E-state index is 11.5. The molecule has 0 radical (unpaired) electrons. The molecule has 15 heavy (non-hydrogen) atoms. The molecule has 1 aliphatic rings. The standard InChI is InChI=1S/C10H19N3O2/c1-7(2)10(15)13-5-8(6-13)3-12-4-9(11)14/h7-8,12H,3-6H2,1-2H3,(H2,11,14). The first-order chi connectivity index (χ1) is 7.00. The molecule has 1 heterocycles. The third-order valence-electron chi connectivity index (χ3n) is 2.49. The van der Waals surface area contributed by atoms with E-state index >= 15 is 0 Å². The zero-order valence-electron chi connectivity index (χ0n) is 9.32. The number of amides is 2. The Labute approximate surface area is 90.0 Å². The van der Waals surface area contributed by atoms with Gasteiger partial charge in [0, 0.05) is 31.5 Å². The van der Waals surface area contributed by atoms with Crippen molar-refractivity contribution < 1.29 is 9.59 Å². The van der Waals surface area contributed by atoms with Gasteiger partial charge in [0.05, 0.1) is 6.54 Å². The van der Waals surface area contributed by atoms with E-state index in [1.807, 2.05) is 18.7 Å². The quantitative estimate of drug-likeness (QED) is 0.626. The van der Waals surface area contributed by atoms with Gasteiger partial charge in [0.1, 0.15) is 0 Å². The predicted molar refractivity (Wildman–Crippen MR) is 57.0 cm³/mol. The lowest BCUT2D eigenvalue weighted by Gasteiger charge is -2.40. The van der Waals surface area contributed by atoms with E-state index < -0.39 is 0 Å². The Morgan fingerprint density at radius 1 is 1.47 bits per heavy atom. The van der Waals surface area contributed by atoms with E-state index in [2.05, 4.69) is 5.32 Å². The molecule has 0 aliphatic carbocycles. The molecule has 0 unspecified atom stereocenters. The molecule has 0 bridgehead atoms. The number of nitrogens with zero attached hydrogens (tertiary/aromatic N) is 1. The van der Waals surface area contributed by atoms with Gasteiger partial charge in [-0.2, -0.15) is 0 Å². The largest absolute Gasteiger partial charge is 0.369 e. The Morgan fingerprint density at radius 2 is 2.07 bits per heavy atom. The van der Waals surface area contributed by atoms with Crippen LogP contribution in [0, 0.1) is 11.8 Å². The Kier molecular flexibility index (Phi) is 4.08. The summed E-state index contributed by atoms with van der Waals surface area (Å²) in [7, 11) is 0.